The van der Waals surface area contributed by atoms with Crippen molar-refractivity contribution in [1.29, 1.82) is 0 Å². The van der Waals surface area contributed by atoms with E-state index >= 15 is 0 Å². The van der Waals surface area contributed by atoms with Gasteiger partial charge in [-0.2, -0.15) is 5.10 Å². The van der Waals surface area contributed by atoms with E-state index in [2.05, 4.69) is 39.4 Å². The minimum absolute atomic E-state index is 0.0479. The second kappa shape index (κ2) is 6.80. The second-order valence-corrected chi connectivity index (χ2v) is 7.58. The molecule has 2 fully saturated rings. The molecule has 1 atom stereocenters. The summed E-state index contributed by atoms with van der Waals surface area (Å²) in [6.45, 7) is 7.63. The van der Waals surface area contributed by atoms with Crippen molar-refractivity contribution in [3.8, 4) is 5.82 Å². The molecule has 2 aliphatic rings. The molecule has 0 spiro atoms. The van der Waals surface area contributed by atoms with Crippen molar-refractivity contribution in [3.63, 3.8) is 0 Å². The van der Waals surface area contributed by atoms with Gasteiger partial charge in [-0.25, -0.2) is 14.6 Å². The number of anilines is 1. The number of aliphatic hydroxyl groups is 1. The lowest BCUT2D eigenvalue weighted by Crippen LogP contribution is -2.51. The van der Waals surface area contributed by atoms with E-state index in [1.165, 1.54) is 11.1 Å². The number of rotatable bonds is 3. The minimum atomic E-state index is -0.279. The van der Waals surface area contributed by atoms with Crippen LogP contribution in [0.4, 0.5) is 5.82 Å². The number of fused-ring (bicyclic) bond motifs is 1. The fourth-order valence-corrected chi connectivity index (χ4v) is 3.95. The Morgan fingerprint density at radius 2 is 1.96 bits per heavy atom. The van der Waals surface area contributed by atoms with Crippen LogP contribution in [-0.4, -0.2) is 63.7 Å². The van der Waals surface area contributed by atoms with Gasteiger partial charge >= 0.3 is 0 Å². The van der Waals surface area contributed by atoms with Crippen LogP contribution in [0.5, 0.6) is 0 Å². The van der Waals surface area contributed by atoms with Crippen molar-refractivity contribution in [2.24, 2.45) is 0 Å². The lowest BCUT2D eigenvalue weighted by molar-refractivity contribution is 0.0274. The third-order valence-electron chi connectivity index (χ3n) is 5.44. The van der Waals surface area contributed by atoms with Gasteiger partial charge in [0, 0.05) is 37.6 Å². The van der Waals surface area contributed by atoms with Gasteiger partial charge < -0.3 is 20.1 Å². The first-order valence-electron chi connectivity index (χ1n) is 9.68. The third-order valence-corrected chi connectivity index (χ3v) is 5.44. The molecular weight excluding hydrogens is 356 g/mol. The molecule has 8 heteroatoms. The number of nitrogens with zero attached hydrogens (tertiary/aromatic N) is 5. The number of morpholine rings is 1. The van der Waals surface area contributed by atoms with E-state index in [1.807, 2.05) is 28.8 Å². The number of benzene rings is 1. The predicted octanol–water partition coefficient (Wildman–Crippen LogP) is 1.27. The van der Waals surface area contributed by atoms with Crippen LogP contribution in [0, 0.1) is 13.8 Å². The van der Waals surface area contributed by atoms with E-state index in [9.17, 15) is 5.11 Å². The summed E-state index contributed by atoms with van der Waals surface area (Å²) in [4.78, 5) is 11.2. The Hall–Kier alpha value is -2.55. The second-order valence-electron chi connectivity index (χ2n) is 7.58. The van der Waals surface area contributed by atoms with E-state index in [0.717, 1.165) is 42.2 Å². The Labute approximate surface area is 163 Å². The van der Waals surface area contributed by atoms with Crippen LogP contribution in [0.3, 0.4) is 0 Å². The number of aromatic nitrogens is 4. The molecule has 0 amide bonds. The normalized spacial score (nSPS) is 20.5. The van der Waals surface area contributed by atoms with Crippen LogP contribution in [0.2, 0.25) is 0 Å². The molecule has 2 N–H and O–H groups in total. The van der Waals surface area contributed by atoms with Crippen LogP contribution in [0.15, 0.2) is 24.4 Å². The highest BCUT2D eigenvalue weighted by molar-refractivity contribution is 5.82. The van der Waals surface area contributed by atoms with Crippen LogP contribution in [-0.2, 0) is 4.74 Å². The van der Waals surface area contributed by atoms with Crippen LogP contribution in [0.1, 0.15) is 23.1 Å². The zero-order chi connectivity index (χ0) is 19.3. The molecule has 0 bridgehead atoms. The highest BCUT2D eigenvalue weighted by Crippen LogP contribution is 2.29. The van der Waals surface area contributed by atoms with Crippen molar-refractivity contribution >= 4 is 16.7 Å². The lowest BCUT2D eigenvalue weighted by Gasteiger charge is -2.36. The molecule has 0 aliphatic carbocycles. The smallest absolute Gasteiger partial charge is 0.159 e. The first-order valence-corrected chi connectivity index (χ1v) is 9.68. The fraction of sp³-hybridized carbons (Fsp3) is 0.450. The number of hydrogen-bond acceptors (Lipinski definition) is 7. The lowest BCUT2D eigenvalue weighted by atomic mass is 10.0. The topological polar surface area (TPSA) is 88.3 Å². The Balaban J connectivity index is 1.57. The molecule has 3 aromatic rings. The highest BCUT2D eigenvalue weighted by atomic mass is 16.5. The van der Waals surface area contributed by atoms with Crippen molar-refractivity contribution in [3.05, 3.63) is 41.3 Å². The number of nitrogens with one attached hydrogen (secondary N) is 1. The maximum Gasteiger partial charge on any atom is 0.159 e. The number of hydrogen-bond donors (Lipinski definition) is 2. The standard InChI is InChI=1S/C20H24N6O2/c1-12-5-14-8-22-26(17(14)6-16(12)18-9-21-3-4-28-18)20-7-19(23-13(2)24-20)25-10-15(27)11-25/h5-8,15,18,21,27H,3-4,9-11H2,1-2H3. The quantitative estimate of drug-likeness (QED) is 0.707. The zero-order valence-corrected chi connectivity index (χ0v) is 16.1. The summed E-state index contributed by atoms with van der Waals surface area (Å²) in [7, 11) is 0. The molecule has 0 saturated carbocycles. The number of aliphatic hydroxyl groups excluding tert-OH is 1. The van der Waals surface area contributed by atoms with Gasteiger partial charge in [0.05, 0.1) is 30.5 Å². The summed E-state index contributed by atoms with van der Waals surface area (Å²) in [5.41, 5.74) is 3.38. The summed E-state index contributed by atoms with van der Waals surface area (Å²) in [6, 6.07) is 6.26. The van der Waals surface area contributed by atoms with E-state index in [4.69, 9.17) is 4.74 Å². The molecule has 146 valence electrons. The van der Waals surface area contributed by atoms with Gasteiger partial charge in [-0.15, -0.1) is 0 Å². The number of aryl methyl sites for hydroxylation is 2. The van der Waals surface area contributed by atoms with Crippen molar-refractivity contribution < 1.29 is 9.84 Å². The molecule has 4 heterocycles. The van der Waals surface area contributed by atoms with Crippen LogP contribution < -0.4 is 10.2 Å². The average molecular weight is 380 g/mol. The molecule has 1 unspecified atom stereocenters. The summed E-state index contributed by atoms with van der Waals surface area (Å²) in [6.07, 6.45) is 1.64. The van der Waals surface area contributed by atoms with Crippen molar-refractivity contribution in [2.45, 2.75) is 26.1 Å². The predicted molar refractivity (Wildman–Crippen MR) is 106 cm³/mol. The average Bonchev–Trinajstić information content (AvgIpc) is 3.07. The van der Waals surface area contributed by atoms with Gasteiger partial charge in [0.2, 0.25) is 0 Å². The molecule has 5 rings (SSSR count). The Bertz CT molecular complexity index is 1020. The molecule has 0 radical (unpaired) electrons. The molecule has 28 heavy (non-hydrogen) atoms. The summed E-state index contributed by atoms with van der Waals surface area (Å²) in [5.74, 6) is 2.24. The minimum Gasteiger partial charge on any atom is -0.389 e. The molecule has 8 nitrogen and oxygen atoms in total. The van der Waals surface area contributed by atoms with Gasteiger partial charge in [0.25, 0.3) is 0 Å². The number of β-amino-alcohol motifs (C(OH)–C–C–N with tert-alkyl or cyclic N) is 1. The largest absolute Gasteiger partial charge is 0.389 e. The molecule has 2 aliphatic heterocycles. The van der Waals surface area contributed by atoms with E-state index < -0.39 is 0 Å². The number of ether oxygens (including phenoxy) is 1. The van der Waals surface area contributed by atoms with Crippen LogP contribution >= 0.6 is 0 Å². The first kappa shape index (κ1) is 17.5. The van der Waals surface area contributed by atoms with E-state index in [0.29, 0.717) is 18.9 Å². The van der Waals surface area contributed by atoms with Crippen LogP contribution in [0.25, 0.3) is 16.7 Å². The zero-order valence-electron chi connectivity index (χ0n) is 16.1. The monoisotopic (exact) mass is 380 g/mol. The molecule has 2 saturated heterocycles. The van der Waals surface area contributed by atoms with Gasteiger partial charge in [-0.05, 0) is 37.1 Å². The van der Waals surface area contributed by atoms with E-state index in [1.54, 1.807) is 0 Å². The summed E-state index contributed by atoms with van der Waals surface area (Å²) >= 11 is 0. The Morgan fingerprint density at radius 1 is 1.14 bits per heavy atom. The first-order chi connectivity index (χ1) is 13.6. The Morgan fingerprint density at radius 3 is 2.71 bits per heavy atom. The maximum atomic E-state index is 9.60. The summed E-state index contributed by atoms with van der Waals surface area (Å²) < 4.78 is 7.83. The van der Waals surface area contributed by atoms with Crippen molar-refractivity contribution in [1.82, 2.24) is 25.1 Å². The molecular formula is C20H24N6O2. The SMILES string of the molecule is Cc1nc(N2CC(O)C2)cc(-n2ncc3cc(C)c(C4CNCCO4)cc32)n1. The molecule has 2 aromatic heterocycles. The Kier molecular flexibility index (Phi) is 4.26. The molecule has 1 aromatic carbocycles. The summed E-state index contributed by atoms with van der Waals surface area (Å²) in [5, 5.41) is 18.7. The fourth-order valence-electron chi connectivity index (χ4n) is 3.95. The van der Waals surface area contributed by atoms with Gasteiger partial charge in [0.15, 0.2) is 5.82 Å². The van der Waals surface area contributed by atoms with E-state index in [-0.39, 0.29) is 12.2 Å². The highest BCUT2D eigenvalue weighted by Gasteiger charge is 2.26. The van der Waals surface area contributed by atoms with Gasteiger partial charge in [-0.3, -0.25) is 0 Å². The third kappa shape index (κ3) is 3.03. The maximum absolute atomic E-state index is 9.60. The van der Waals surface area contributed by atoms with Gasteiger partial charge in [-0.1, -0.05) is 0 Å². The van der Waals surface area contributed by atoms with Crippen molar-refractivity contribution in [2.75, 3.05) is 37.7 Å². The van der Waals surface area contributed by atoms with Gasteiger partial charge in [0.1, 0.15) is 11.6 Å².